The number of hydrogen-bond acceptors (Lipinski definition) is 3. The van der Waals surface area contributed by atoms with Crippen molar-refractivity contribution in [3.05, 3.63) is 17.5 Å². The number of aryl methyl sites for hydroxylation is 2. The van der Waals surface area contributed by atoms with Gasteiger partial charge in [-0.05, 0) is 13.8 Å². The lowest BCUT2D eigenvalue weighted by molar-refractivity contribution is -0.130. The highest BCUT2D eigenvalue weighted by atomic mass is 35.5. The zero-order chi connectivity index (χ0) is 13.8. The third kappa shape index (κ3) is 3.48. The summed E-state index contributed by atoms with van der Waals surface area (Å²) in [4.78, 5) is 15.7. The van der Waals surface area contributed by atoms with E-state index in [0.29, 0.717) is 0 Å². The summed E-state index contributed by atoms with van der Waals surface area (Å²) in [5.74, 6) is 0.124. The maximum absolute atomic E-state index is 11.5. The first kappa shape index (κ1) is 14.3. The Morgan fingerprint density at radius 1 is 1.37 bits per heavy atom. The predicted molar refractivity (Wildman–Crippen MR) is 75.2 cm³/mol. The molecule has 0 aromatic carbocycles. The number of hydrogen-bond donors (Lipinski definition) is 0. The lowest BCUT2D eigenvalue weighted by atomic mass is 10.2. The molecule has 0 aliphatic carbocycles. The van der Waals surface area contributed by atoms with Crippen molar-refractivity contribution >= 4 is 17.5 Å². The van der Waals surface area contributed by atoms with Gasteiger partial charge in [0.05, 0.1) is 5.69 Å². The van der Waals surface area contributed by atoms with E-state index in [-0.39, 0.29) is 11.8 Å². The SMILES string of the molecule is CCn1cc(CN2CCN(C(=O)CCl)CC2)c(C)n1. The van der Waals surface area contributed by atoms with E-state index in [1.165, 1.54) is 5.56 Å². The molecule has 5 nitrogen and oxygen atoms in total. The molecule has 0 N–H and O–H groups in total. The smallest absolute Gasteiger partial charge is 0.237 e. The average molecular weight is 285 g/mol. The Balaban J connectivity index is 1.88. The summed E-state index contributed by atoms with van der Waals surface area (Å²) in [6.07, 6.45) is 2.12. The van der Waals surface area contributed by atoms with Crippen molar-refractivity contribution in [2.75, 3.05) is 32.1 Å². The molecule has 0 bridgehead atoms. The minimum atomic E-state index is 0.0382. The van der Waals surface area contributed by atoms with Crippen molar-refractivity contribution in [2.45, 2.75) is 26.9 Å². The molecule has 1 amide bonds. The molecule has 0 unspecified atom stereocenters. The van der Waals surface area contributed by atoms with Gasteiger partial charge in [-0.3, -0.25) is 14.4 Å². The van der Waals surface area contributed by atoms with Gasteiger partial charge < -0.3 is 4.90 Å². The van der Waals surface area contributed by atoms with E-state index in [0.717, 1.165) is 45.0 Å². The van der Waals surface area contributed by atoms with Crippen LogP contribution in [-0.2, 0) is 17.9 Å². The minimum absolute atomic E-state index is 0.0382. The highest BCUT2D eigenvalue weighted by Gasteiger charge is 2.21. The number of halogens is 1. The largest absolute Gasteiger partial charge is 0.339 e. The summed E-state index contributed by atoms with van der Waals surface area (Å²) < 4.78 is 1.97. The molecule has 6 heteroatoms. The lowest BCUT2D eigenvalue weighted by Gasteiger charge is -2.34. The molecule has 1 aliphatic heterocycles. The van der Waals surface area contributed by atoms with Crippen LogP contribution in [0, 0.1) is 6.92 Å². The molecule has 1 saturated heterocycles. The van der Waals surface area contributed by atoms with Crippen molar-refractivity contribution in [3.63, 3.8) is 0 Å². The summed E-state index contributed by atoms with van der Waals surface area (Å²) in [7, 11) is 0. The number of alkyl halides is 1. The van der Waals surface area contributed by atoms with Gasteiger partial charge in [0.25, 0.3) is 0 Å². The standard InChI is InChI=1S/C13H21ClN4O/c1-3-18-10-12(11(2)15-18)9-16-4-6-17(7-5-16)13(19)8-14/h10H,3-9H2,1-2H3. The normalized spacial score (nSPS) is 16.9. The number of carbonyl (C=O) groups excluding carboxylic acids is 1. The molecule has 19 heavy (non-hydrogen) atoms. The van der Waals surface area contributed by atoms with E-state index in [1.807, 2.05) is 9.58 Å². The van der Waals surface area contributed by atoms with Crippen LogP contribution in [0.1, 0.15) is 18.2 Å². The maximum atomic E-state index is 11.5. The predicted octanol–water partition coefficient (Wildman–Crippen LogP) is 1.09. The van der Waals surface area contributed by atoms with Gasteiger partial charge in [-0.15, -0.1) is 11.6 Å². The van der Waals surface area contributed by atoms with Crippen LogP contribution in [0.3, 0.4) is 0 Å². The van der Waals surface area contributed by atoms with Crippen molar-refractivity contribution in [3.8, 4) is 0 Å². The molecule has 1 aromatic rings. The molecular formula is C13H21ClN4O. The van der Waals surface area contributed by atoms with E-state index < -0.39 is 0 Å². The van der Waals surface area contributed by atoms with Gasteiger partial charge in [0.1, 0.15) is 5.88 Å². The van der Waals surface area contributed by atoms with Gasteiger partial charge in [-0.25, -0.2) is 0 Å². The Morgan fingerprint density at radius 3 is 2.58 bits per heavy atom. The second kappa shape index (κ2) is 6.39. The second-order valence-corrected chi connectivity index (χ2v) is 5.15. The zero-order valence-electron chi connectivity index (χ0n) is 11.6. The number of amides is 1. The fourth-order valence-corrected chi connectivity index (χ4v) is 2.53. The van der Waals surface area contributed by atoms with E-state index in [9.17, 15) is 4.79 Å². The summed E-state index contributed by atoms with van der Waals surface area (Å²) in [5, 5.41) is 4.46. The Kier molecular flexibility index (Phi) is 4.82. The summed E-state index contributed by atoms with van der Waals surface area (Å²) >= 11 is 5.58. The van der Waals surface area contributed by atoms with E-state index in [4.69, 9.17) is 11.6 Å². The van der Waals surface area contributed by atoms with Crippen LogP contribution in [0.2, 0.25) is 0 Å². The third-order valence-corrected chi connectivity index (χ3v) is 3.83. The van der Waals surface area contributed by atoms with Gasteiger partial charge in [0, 0.05) is 51.0 Å². The summed E-state index contributed by atoms with van der Waals surface area (Å²) in [6.45, 7) is 9.30. The lowest BCUT2D eigenvalue weighted by Crippen LogP contribution is -2.48. The quantitative estimate of drug-likeness (QED) is 0.778. The van der Waals surface area contributed by atoms with E-state index in [1.54, 1.807) is 0 Å². The maximum Gasteiger partial charge on any atom is 0.237 e. The molecule has 1 aliphatic rings. The van der Waals surface area contributed by atoms with Crippen LogP contribution in [0.4, 0.5) is 0 Å². The highest BCUT2D eigenvalue weighted by molar-refractivity contribution is 6.27. The van der Waals surface area contributed by atoms with Crippen molar-refractivity contribution in [1.82, 2.24) is 19.6 Å². The first-order valence-electron chi connectivity index (χ1n) is 6.73. The van der Waals surface area contributed by atoms with Crippen LogP contribution < -0.4 is 0 Å². The van der Waals surface area contributed by atoms with Crippen molar-refractivity contribution in [1.29, 1.82) is 0 Å². The average Bonchev–Trinajstić information content (AvgIpc) is 2.79. The van der Waals surface area contributed by atoms with E-state index >= 15 is 0 Å². The van der Waals surface area contributed by atoms with Crippen LogP contribution >= 0.6 is 11.6 Å². The Morgan fingerprint density at radius 2 is 2.05 bits per heavy atom. The van der Waals surface area contributed by atoms with Crippen LogP contribution in [0.25, 0.3) is 0 Å². The van der Waals surface area contributed by atoms with Gasteiger partial charge in [-0.2, -0.15) is 5.10 Å². The molecule has 0 spiro atoms. The molecular weight excluding hydrogens is 264 g/mol. The molecule has 1 aromatic heterocycles. The van der Waals surface area contributed by atoms with Crippen LogP contribution in [0.5, 0.6) is 0 Å². The molecule has 0 saturated carbocycles. The third-order valence-electron chi connectivity index (χ3n) is 3.61. The molecule has 2 heterocycles. The van der Waals surface area contributed by atoms with Gasteiger partial charge >= 0.3 is 0 Å². The van der Waals surface area contributed by atoms with Crippen LogP contribution in [0.15, 0.2) is 6.20 Å². The molecule has 106 valence electrons. The number of carbonyl (C=O) groups is 1. The van der Waals surface area contributed by atoms with Gasteiger partial charge in [0.15, 0.2) is 0 Å². The van der Waals surface area contributed by atoms with Gasteiger partial charge in [-0.1, -0.05) is 0 Å². The Bertz CT molecular complexity index is 438. The Hall–Kier alpha value is -1.07. The Labute approximate surface area is 119 Å². The summed E-state index contributed by atoms with van der Waals surface area (Å²) in [6, 6.07) is 0. The minimum Gasteiger partial charge on any atom is -0.339 e. The highest BCUT2D eigenvalue weighted by Crippen LogP contribution is 2.12. The molecule has 0 atom stereocenters. The van der Waals surface area contributed by atoms with Crippen molar-refractivity contribution < 1.29 is 4.79 Å². The zero-order valence-corrected chi connectivity index (χ0v) is 12.4. The second-order valence-electron chi connectivity index (χ2n) is 4.89. The first-order valence-corrected chi connectivity index (χ1v) is 7.26. The molecule has 0 radical (unpaired) electrons. The number of aromatic nitrogens is 2. The summed E-state index contributed by atoms with van der Waals surface area (Å²) in [5.41, 5.74) is 2.38. The molecule has 1 fully saturated rings. The van der Waals surface area contributed by atoms with E-state index in [2.05, 4.69) is 30.0 Å². The number of rotatable bonds is 4. The monoisotopic (exact) mass is 284 g/mol. The first-order chi connectivity index (χ1) is 9.13. The fraction of sp³-hybridized carbons (Fsp3) is 0.692. The topological polar surface area (TPSA) is 41.4 Å². The number of nitrogens with zero attached hydrogens (tertiary/aromatic N) is 4. The number of piperazine rings is 1. The van der Waals surface area contributed by atoms with Crippen LogP contribution in [-0.4, -0.2) is 57.5 Å². The van der Waals surface area contributed by atoms with Gasteiger partial charge in [0.2, 0.25) is 5.91 Å². The van der Waals surface area contributed by atoms with Crippen molar-refractivity contribution in [2.24, 2.45) is 0 Å². The fourth-order valence-electron chi connectivity index (χ4n) is 2.36. The molecule has 2 rings (SSSR count).